The van der Waals surface area contributed by atoms with Gasteiger partial charge in [0.15, 0.2) is 0 Å². The fourth-order valence-corrected chi connectivity index (χ4v) is 10.5. The molecule has 0 atom stereocenters. The van der Waals surface area contributed by atoms with E-state index < -0.39 is 0 Å². The van der Waals surface area contributed by atoms with Crippen molar-refractivity contribution in [1.82, 2.24) is 9.97 Å². The zero-order valence-electron chi connectivity index (χ0n) is 59.3. The van der Waals surface area contributed by atoms with Gasteiger partial charge in [-0.15, -0.1) is 35.2 Å². The maximum absolute atomic E-state index is 4.94. The Morgan fingerprint density at radius 2 is 0.648 bits per heavy atom. The SMILES string of the molecule is C1CCOC1.CC(C)(C)[N-]Cc1c[n-]c2ccccc12.CC(C)(C)[N-]Cc1c[n-]c2ccccc12.CC(C)c1cccc(C(C)C)c1N=C[N-]c1c(C(C)C)cccc1C(C)C.CC(C)c1cccc(C(C)C)c1N=C[N-]c1c(C(C)C)cccc1C(C)C.[Er+3].[Er+3]. The molecule has 1 fully saturated rings. The number of ether oxygens (including phenoxy) is 1. The number of nitrogens with zero attached hydrogens (tertiary/aromatic N) is 8. The van der Waals surface area contributed by atoms with E-state index in [4.69, 9.17) is 25.4 Å². The molecule has 91 heavy (non-hydrogen) atoms. The number of aliphatic imine (C=N–C) groups is 2. The van der Waals surface area contributed by atoms with Crippen LogP contribution < -0.4 is 9.97 Å². The van der Waals surface area contributed by atoms with Gasteiger partial charge in [-0.1, -0.05) is 297 Å². The van der Waals surface area contributed by atoms with E-state index in [9.17, 15) is 0 Å². The average Bonchev–Trinajstić information content (AvgIpc) is 1.63. The third-order valence-electron chi connectivity index (χ3n) is 15.6. The molecule has 0 aliphatic carbocycles. The summed E-state index contributed by atoms with van der Waals surface area (Å²) >= 11 is 0. The van der Waals surface area contributed by atoms with Crippen LogP contribution in [0.25, 0.3) is 43.1 Å². The van der Waals surface area contributed by atoms with Crippen molar-refractivity contribution in [3.63, 3.8) is 0 Å². The molecule has 11 heteroatoms. The predicted molar refractivity (Wildman–Crippen MR) is 389 cm³/mol. The van der Waals surface area contributed by atoms with Crippen molar-refractivity contribution < 1.29 is 79.3 Å². The first-order valence-electron chi connectivity index (χ1n) is 33.0. The summed E-state index contributed by atoms with van der Waals surface area (Å²) in [6, 6.07) is 42.5. The number of rotatable bonds is 18. The third-order valence-corrected chi connectivity index (χ3v) is 15.6. The summed E-state index contributed by atoms with van der Waals surface area (Å²) in [4.78, 5) is 18.4. The van der Waals surface area contributed by atoms with Gasteiger partial charge in [-0.05, 0) is 138 Å². The Labute approximate surface area is 611 Å². The number of hydrogen-bond acceptors (Lipinski definition) is 3. The van der Waals surface area contributed by atoms with E-state index in [2.05, 4.69) is 258 Å². The van der Waals surface area contributed by atoms with E-state index in [1.807, 2.05) is 48.8 Å². The van der Waals surface area contributed by atoms with Gasteiger partial charge in [-0.2, -0.15) is 12.4 Å². The second kappa shape index (κ2) is 39.5. The Morgan fingerprint density at radius 1 is 0.385 bits per heavy atom. The summed E-state index contributed by atoms with van der Waals surface area (Å²) < 4.78 is 4.94. The molecule has 8 aromatic rings. The molecule has 0 unspecified atom stereocenters. The molecule has 1 saturated heterocycles. The Bertz CT molecular complexity index is 3120. The van der Waals surface area contributed by atoms with Crippen molar-refractivity contribution >= 4 is 57.2 Å². The van der Waals surface area contributed by atoms with E-state index in [0.717, 1.165) is 60.1 Å². The molecule has 0 bridgehead atoms. The number of benzene rings is 6. The van der Waals surface area contributed by atoms with Gasteiger partial charge in [0, 0.05) is 13.2 Å². The molecule has 0 spiro atoms. The third kappa shape index (κ3) is 25.8. The molecule has 9 rings (SSSR count). The minimum atomic E-state index is 0. The second-order valence-electron chi connectivity index (χ2n) is 28.0. The van der Waals surface area contributed by atoms with Crippen LogP contribution in [-0.2, 0) is 17.8 Å². The summed E-state index contributed by atoms with van der Waals surface area (Å²) in [7, 11) is 0. The zero-order valence-corrected chi connectivity index (χ0v) is 63.0. The van der Waals surface area contributed by atoms with Crippen LogP contribution in [0.2, 0.25) is 0 Å². The summed E-state index contributed by atoms with van der Waals surface area (Å²) in [5.74, 6) is 3.48. The van der Waals surface area contributed by atoms with Gasteiger partial charge in [0.1, 0.15) is 0 Å². The van der Waals surface area contributed by atoms with Gasteiger partial charge in [0.05, 0.1) is 0 Å². The van der Waals surface area contributed by atoms with E-state index in [1.165, 1.54) is 79.2 Å². The first kappa shape index (κ1) is 80.9. The van der Waals surface area contributed by atoms with Gasteiger partial charge in [0.25, 0.3) is 0 Å². The molecule has 9 nitrogen and oxygen atoms in total. The van der Waals surface area contributed by atoms with E-state index in [1.54, 1.807) is 12.7 Å². The van der Waals surface area contributed by atoms with Crippen LogP contribution in [-0.4, -0.2) is 37.0 Å². The molecule has 3 heterocycles. The minimum absolute atomic E-state index is 0. The standard InChI is InChI=1S/2C25H35N2.2C13H16N2.C4H8O.2Er/c2*1-16(2)20-11-9-12-21(17(3)4)24(20)26-15-27-25-22(18(5)6)13-10-14-23(25)19(7)8;2*1-13(2,3)15-9-10-8-14-12-7-5-4-6-11(10)12;1-2-4-5-3-1;;/h2*9-19H,1-8H3;2*4-8H,9H2,1-3H3;1-4H2;;/q2*-1;2*-2;;2*+3. The van der Waals surface area contributed by atoms with Gasteiger partial charge < -0.3 is 46.0 Å². The largest absolute Gasteiger partial charge is 3.00 e. The number of fused-ring (bicyclic) bond motifs is 2. The monoisotopic (exact) mass is 1530 g/mol. The molecular weight excluding hydrogens is 1420 g/mol. The van der Waals surface area contributed by atoms with Gasteiger partial charge >= 0.3 is 74.6 Å². The zero-order chi connectivity index (χ0) is 65.6. The molecule has 6 aromatic carbocycles. The number of hydrogen-bond donors (Lipinski definition) is 0. The predicted octanol–water partition coefficient (Wildman–Crippen LogP) is 24.8. The molecule has 1 aliphatic heterocycles. The van der Waals surface area contributed by atoms with E-state index in [0.29, 0.717) is 47.3 Å². The molecule has 0 amide bonds. The van der Waals surface area contributed by atoms with Crippen molar-refractivity contribution in [3.8, 4) is 0 Å². The molecule has 500 valence electrons. The molecule has 2 radical (unpaired) electrons. The Balaban J connectivity index is 0.000000315. The van der Waals surface area contributed by atoms with Gasteiger partial charge in [-0.3, -0.25) is 0 Å². The normalized spacial score (nSPS) is 12.5. The molecule has 2 aromatic heterocycles. The van der Waals surface area contributed by atoms with Crippen LogP contribution in [0.15, 0.2) is 144 Å². The fourth-order valence-electron chi connectivity index (χ4n) is 10.5. The van der Waals surface area contributed by atoms with Crippen molar-refractivity contribution in [1.29, 1.82) is 0 Å². The number of para-hydroxylation sites is 6. The van der Waals surface area contributed by atoms with Crippen LogP contribution in [0.5, 0.6) is 0 Å². The molecule has 1 aliphatic rings. The molecular formula is C80H110Er2N8O. The van der Waals surface area contributed by atoms with E-state index >= 15 is 0 Å². The van der Waals surface area contributed by atoms with Crippen LogP contribution in [0, 0.1) is 74.6 Å². The minimum Gasteiger partial charge on any atom is -0.663 e. The quantitative estimate of drug-likeness (QED) is 0.0629. The molecule has 0 saturated carbocycles. The van der Waals surface area contributed by atoms with Gasteiger partial charge in [0.2, 0.25) is 0 Å². The van der Waals surface area contributed by atoms with Gasteiger partial charge in [-0.25, -0.2) is 0 Å². The van der Waals surface area contributed by atoms with Crippen molar-refractivity contribution in [2.24, 2.45) is 9.98 Å². The Hall–Kier alpha value is -4.29. The van der Waals surface area contributed by atoms with Crippen LogP contribution in [0.4, 0.5) is 22.7 Å². The average molecular weight is 1530 g/mol. The first-order chi connectivity index (χ1) is 42.1. The Kier molecular flexibility index (Phi) is 35.2. The fraction of sp³-hybridized carbons (Fsp3) is 0.475. The van der Waals surface area contributed by atoms with Crippen molar-refractivity contribution in [3.05, 3.63) is 211 Å². The smallest absolute Gasteiger partial charge is 0.663 e. The Morgan fingerprint density at radius 3 is 0.890 bits per heavy atom. The van der Waals surface area contributed by atoms with Crippen LogP contribution in [0.1, 0.15) is 268 Å². The summed E-state index contributed by atoms with van der Waals surface area (Å²) in [6.07, 6.45) is 9.94. The van der Waals surface area contributed by atoms with Crippen molar-refractivity contribution in [2.45, 2.75) is 237 Å². The summed E-state index contributed by atoms with van der Waals surface area (Å²) in [5.41, 5.74) is 19.2. The first-order valence-corrected chi connectivity index (χ1v) is 33.0. The van der Waals surface area contributed by atoms with Crippen LogP contribution in [0.3, 0.4) is 0 Å². The number of aromatic nitrogens is 2. The van der Waals surface area contributed by atoms with Crippen molar-refractivity contribution in [2.75, 3.05) is 13.2 Å². The van der Waals surface area contributed by atoms with E-state index in [-0.39, 0.29) is 85.7 Å². The summed E-state index contributed by atoms with van der Waals surface area (Å²) in [5, 5.41) is 21.4. The summed E-state index contributed by atoms with van der Waals surface area (Å²) in [6.45, 7) is 51.8. The topological polar surface area (TPSA) is 119 Å². The maximum atomic E-state index is 4.94. The maximum Gasteiger partial charge on any atom is 3.00 e. The van der Waals surface area contributed by atoms with Crippen LogP contribution >= 0.6 is 0 Å². The molecule has 0 N–H and O–H groups in total. The second-order valence-corrected chi connectivity index (χ2v) is 28.0.